The van der Waals surface area contributed by atoms with E-state index in [4.69, 9.17) is 9.47 Å². The lowest BCUT2D eigenvalue weighted by Gasteiger charge is -2.26. The highest BCUT2D eigenvalue weighted by atomic mass is 16.5. The molecule has 0 radical (unpaired) electrons. The van der Waals surface area contributed by atoms with Crippen molar-refractivity contribution in [1.29, 1.82) is 0 Å². The quantitative estimate of drug-likeness (QED) is 0.149. The highest BCUT2D eigenvalue weighted by Crippen LogP contribution is 2.42. The summed E-state index contributed by atoms with van der Waals surface area (Å²) in [6, 6.07) is 8.48. The van der Waals surface area contributed by atoms with E-state index in [9.17, 15) is 14.7 Å². The summed E-state index contributed by atoms with van der Waals surface area (Å²) >= 11 is 0. The van der Waals surface area contributed by atoms with Crippen molar-refractivity contribution in [3.8, 4) is 11.5 Å². The highest BCUT2D eigenvalue weighted by Gasteiger charge is 2.46. The van der Waals surface area contributed by atoms with Crippen molar-refractivity contribution in [3.63, 3.8) is 0 Å². The zero-order valence-electron chi connectivity index (χ0n) is 24.4. The van der Waals surface area contributed by atoms with E-state index < -0.39 is 17.7 Å². The van der Waals surface area contributed by atoms with Crippen molar-refractivity contribution in [1.82, 2.24) is 19.2 Å². The molecule has 4 rings (SSSR count). The molecule has 0 saturated carbocycles. The molecule has 1 amide bonds. The number of benzene rings is 1. The summed E-state index contributed by atoms with van der Waals surface area (Å²) in [5, 5.41) is 11.6. The van der Waals surface area contributed by atoms with Gasteiger partial charge in [-0.2, -0.15) is 0 Å². The van der Waals surface area contributed by atoms with Crippen molar-refractivity contribution in [2.24, 2.45) is 0 Å². The van der Waals surface area contributed by atoms with Gasteiger partial charge >= 0.3 is 0 Å². The molecule has 9 heteroatoms. The molecule has 1 aromatic carbocycles. The molecule has 214 valence electrons. The number of aromatic nitrogens is 2. The molecule has 40 heavy (non-hydrogen) atoms. The first-order chi connectivity index (χ1) is 19.2. The maximum absolute atomic E-state index is 13.5. The topological polar surface area (TPSA) is 96.6 Å². The predicted molar refractivity (Wildman–Crippen MR) is 155 cm³/mol. The third kappa shape index (κ3) is 5.70. The number of unbranched alkanes of at least 4 members (excludes halogenated alkanes) is 2. The Hall–Kier alpha value is -3.85. The third-order valence-electron chi connectivity index (χ3n) is 7.36. The van der Waals surface area contributed by atoms with E-state index in [0.717, 1.165) is 31.4 Å². The lowest BCUT2D eigenvalue weighted by Crippen LogP contribution is -2.32. The number of carbonyl (C=O) groups excluding carboxylic acids is 2. The lowest BCUT2D eigenvalue weighted by molar-refractivity contribution is -0.139. The van der Waals surface area contributed by atoms with Gasteiger partial charge in [0.1, 0.15) is 11.3 Å². The van der Waals surface area contributed by atoms with Gasteiger partial charge in [0.15, 0.2) is 17.3 Å². The number of ketones is 1. The molecular formula is C31H40N4O5. The first-order valence-corrected chi connectivity index (χ1v) is 13.9. The minimum atomic E-state index is -0.796. The minimum Gasteiger partial charge on any atom is -0.505 e. The number of hydrogen-bond acceptors (Lipinski definition) is 7. The molecule has 2 aromatic heterocycles. The molecule has 0 spiro atoms. The first-order valence-electron chi connectivity index (χ1n) is 13.9. The second-order valence-electron chi connectivity index (χ2n) is 10.5. The fourth-order valence-electron chi connectivity index (χ4n) is 5.20. The molecule has 3 aromatic rings. The lowest BCUT2D eigenvalue weighted by atomic mass is 9.96. The zero-order chi connectivity index (χ0) is 29.0. The first kappa shape index (κ1) is 29.1. The number of hydrogen-bond donors (Lipinski definition) is 1. The Morgan fingerprint density at radius 1 is 1.10 bits per heavy atom. The number of likely N-dealkylation sites (tertiary alicyclic amines) is 1. The third-order valence-corrected chi connectivity index (χ3v) is 7.36. The number of aliphatic hydroxyl groups is 1. The summed E-state index contributed by atoms with van der Waals surface area (Å²) in [6.07, 6.45) is 5.63. The van der Waals surface area contributed by atoms with Gasteiger partial charge in [-0.1, -0.05) is 31.9 Å². The number of ether oxygens (including phenoxy) is 2. The Morgan fingerprint density at radius 2 is 1.88 bits per heavy atom. The maximum Gasteiger partial charge on any atom is 0.295 e. The van der Waals surface area contributed by atoms with E-state index in [0.29, 0.717) is 48.0 Å². The summed E-state index contributed by atoms with van der Waals surface area (Å²) in [6.45, 7) is 7.58. The summed E-state index contributed by atoms with van der Waals surface area (Å²) < 4.78 is 13.5. The normalized spacial score (nSPS) is 16.9. The number of methoxy groups -OCH3 is 1. The largest absolute Gasteiger partial charge is 0.505 e. The molecule has 0 bridgehead atoms. The van der Waals surface area contributed by atoms with Crippen molar-refractivity contribution >= 4 is 23.1 Å². The number of amides is 1. The van der Waals surface area contributed by atoms with Crippen molar-refractivity contribution in [2.45, 2.75) is 52.5 Å². The van der Waals surface area contributed by atoms with Crippen LogP contribution in [0.15, 0.2) is 42.1 Å². The molecule has 1 unspecified atom stereocenters. The smallest absolute Gasteiger partial charge is 0.295 e. The van der Waals surface area contributed by atoms with Gasteiger partial charge in [-0.15, -0.1) is 0 Å². The monoisotopic (exact) mass is 548 g/mol. The van der Waals surface area contributed by atoms with Gasteiger partial charge in [0.25, 0.3) is 11.7 Å². The van der Waals surface area contributed by atoms with Crippen LogP contribution < -0.4 is 9.47 Å². The van der Waals surface area contributed by atoms with Crippen LogP contribution in [-0.2, 0) is 9.59 Å². The Morgan fingerprint density at radius 3 is 2.55 bits per heavy atom. The number of fused-ring (bicyclic) bond motifs is 1. The van der Waals surface area contributed by atoms with E-state index in [1.807, 2.05) is 61.6 Å². The number of pyridine rings is 1. The van der Waals surface area contributed by atoms with Gasteiger partial charge in [-0.3, -0.25) is 9.59 Å². The Balaban J connectivity index is 1.82. The van der Waals surface area contributed by atoms with E-state index in [1.165, 1.54) is 0 Å². The predicted octanol–water partition coefficient (Wildman–Crippen LogP) is 4.90. The number of nitrogens with zero attached hydrogens (tertiary/aromatic N) is 4. The van der Waals surface area contributed by atoms with Crippen molar-refractivity contribution in [2.75, 3.05) is 40.9 Å². The van der Waals surface area contributed by atoms with Crippen LogP contribution in [0.1, 0.15) is 61.2 Å². The molecule has 1 N–H and O–H groups in total. The molecule has 1 saturated heterocycles. The zero-order valence-corrected chi connectivity index (χ0v) is 24.4. The molecule has 0 aliphatic carbocycles. The number of carbonyl (C=O) groups is 2. The Labute approximate surface area is 236 Å². The molecule has 1 fully saturated rings. The van der Waals surface area contributed by atoms with Crippen LogP contribution >= 0.6 is 0 Å². The standard InChI is InChI=1S/C31H40N4O5/c1-7-8-9-18-40-23-14-13-22(19-24(23)39-6)27-25(29(37)31(38)35(27)17-11-15-33(4)5)28(36)26-21(3)34-16-10-12-20(2)30(34)32-26/h10,12-14,16,19,27,36H,7-9,11,15,17-18H2,1-6H3. The van der Waals surface area contributed by atoms with Gasteiger partial charge in [-0.05, 0) is 76.7 Å². The summed E-state index contributed by atoms with van der Waals surface area (Å²) in [4.78, 5) is 35.1. The molecule has 9 nitrogen and oxygen atoms in total. The average Bonchev–Trinajstić information content (AvgIpc) is 3.40. The van der Waals surface area contributed by atoms with Gasteiger partial charge in [0.2, 0.25) is 0 Å². The summed E-state index contributed by atoms with van der Waals surface area (Å²) in [5.74, 6) is -0.537. The van der Waals surface area contributed by atoms with E-state index in [2.05, 4.69) is 11.9 Å². The van der Waals surface area contributed by atoms with Gasteiger partial charge in [0, 0.05) is 12.7 Å². The van der Waals surface area contributed by atoms with E-state index in [-0.39, 0.29) is 17.0 Å². The van der Waals surface area contributed by atoms with Gasteiger partial charge in [0.05, 0.1) is 31.0 Å². The fraction of sp³-hybridized carbons (Fsp3) is 0.452. The molecule has 3 heterocycles. The summed E-state index contributed by atoms with van der Waals surface area (Å²) in [7, 11) is 5.49. The second kappa shape index (κ2) is 12.6. The van der Waals surface area contributed by atoms with Crippen LogP contribution in [0.5, 0.6) is 11.5 Å². The molecular weight excluding hydrogens is 508 g/mol. The van der Waals surface area contributed by atoms with Crippen LogP contribution in [0.4, 0.5) is 0 Å². The Bertz CT molecular complexity index is 1420. The van der Waals surface area contributed by atoms with Crippen LogP contribution in [-0.4, -0.2) is 76.9 Å². The SMILES string of the molecule is CCCCCOc1ccc(C2C(=C(O)c3nc4c(C)cccn4c3C)C(=O)C(=O)N2CCCN(C)C)cc1OC. The minimum absolute atomic E-state index is 0.0256. The number of aryl methyl sites for hydroxylation is 2. The van der Waals surface area contributed by atoms with Crippen LogP contribution in [0, 0.1) is 13.8 Å². The molecule has 1 atom stereocenters. The number of aliphatic hydroxyl groups excluding tert-OH is 1. The number of Topliss-reactive ketones (excluding diaryl/α,β-unsaturated/α-hetero) is 1. The average molecular weight is 549 g/mol. The van der Waals surface area contributed by atoms with E-state index >= 15 is 0 Å². The van der Waals surface area contributed by atoms with Crippen molar-refractivity contribution in [3.05, 3.63) is 64.6 Å². The molecule has 1 aliphatic rings. The summed E-state index contributed by atoms with van der Waals surface area (Å²) in [5.41, 5.74) is 3.27. The van der Waals surface area contributed by atoms with Crippen LogP contribution in [0.2, 0.25) is 0 Å². The van der Waals surface area contributed by atoms with Crippen LogP contribution in [0.3, 0.4) is 0 Å². The number of rotatable bonds is 12. The highest BCUT2D eigenvalue weighted by molar-refractivity contribution is 6.46. The Kier molecular flexibility index (Phi) is 9.14. The van der Waals surface area contributed by atoms with Gasteiger partial charge < -0.3 is 28.8 Å². The van der Waals surface area contributed by atoms with Crippen molar-refractivity contribution < 1.29 is 24.2 Å². The molecule has 1 aliphatic heterocycles. The maximum atomic E-state index is 13.5. The van der Waals surface area contributed by atoms with Gasteiger partial charge in [-0.25, -0.2) is 4.98 Å². The van der Waals surface area contributed by atoms with E-state index in [1.54, 1.807) is 24.1 Å². The second-order valence-corrected chi connectivity index (χ2v) is 10.5. The fourth-order valence-corrected chi connectivity index (χ4v) is 5.20. The number of imidazole rings is 1. The van der Waals surface area contributed by atoms with Crippen LogP contribution in [0.25, 0.3) is 11.4 Å².